The summed E-state index contributed by atoms with van der Waals surface area (Å²) in [5, 5.41) is 3.27. The third-order valence-corrected chi connectivity index (χ3v) is 6.06. The molecule has 3 aromatic rings. The molecule has 34 heavy (non-hydrogen) atoms. The maximum Gasteiger partial charge on any atom is 0.389 e. The summed E-state index contributed by atoms with van der Waals surface area (Å²) >= 11 is 0. The quantitative estimate of drug-likeness (QED) is 0.483. The van der Waals surface area contributed by atoms with Crippen LogP contribution in [0, 0.1) is 25.6 Å². The van der Waals surface area contributed by atoms with Gasteiger partial charge in [-0.05, 0) is 55.5 Å². The lowest BCUT2D eigenvalue weighted by atomic mass is 9.97. The van der Waals surface area contributed by atoms with Crippen LogP contribution < -0.4 is 5.32 Å². The molecule has 1 aromatic carbocycles. The first-order chi connectivity index (χ1) is 16.0. The molecule has 0 spiro atoms. The van der Waals surface area contributed by atoms with E-state index in [1.54, 1.807) is 13.1 Å². The first-order valence-corrected chi connectivity index (χ1v) is 11.1. The lowest BCUT2D eigenvalue weighted by Gasteiger charge is -2.19. The highest BCUT2D eigenvalue weighted by Crippen LogP contribution is 2.33. The summed E-state index contributed by atoms with van der Waals surface area (Å²) in [7, 11) is 0. The van der Waals surface area contributed by atoms with E-state index >= 15 is 0 Å². The number of halogens is 4. The Balaban J connectivity index is 1.59. The molecule has 2 amide bonds. The molecule has 1 N–H and O–H groups in total. The Morgan fingerprint density at radius 1 is 1.18 bits per heavy atom. The zero-order valence-corrected chi connectivity index (χ0v) is 19.1. The second-order valence-electron chi connectivity index (χ2n) is 8.67. The molecular formula is C24H25F4N5O. The average Bonchev–Trinajstić information content (AvgIpc) is 3.21. The van der Waals surface area contributed by atoms with Gasteiger partial charge in [-0.3, -0.25) is 0 Å². The van der Waals surface area contributed by atoms with E-state index < -0.39 is 30.4 Å². The molecule has 1 aliphatic rings. The second-order valence-corrected chi connectivity index (χ2v) is 8.67. The van der Waals surface area contributed by atoms with E-state index in [1.165, 1.54) is 17.0 Å². The maximum absolute atomic E-state index is 14.7. The number of hydrogen-bond acceptors (Lipinski definition) is 4. The number of anilines is 1. The minimum atomic E-state index is -4.27. The summed E-state index contributed by atoms with van der Waals surface area (Å²) in [4.78, 5) is 27.3. The average molecular weight is 475 g/mol. The fourth-order valence-corrected chi connectivity index (χ4v) is 4.29. The number of amides is 2. The van der Waals surface area contributed by atoms with E-state index in [-0.39, 0.29) is 25.2 Å². The van der Waals surface area contributed by atoms with Crippen LogP contribution in [-0.4, -0.2) is 45.1 Å². The Morgan fingerprint density at radius 2 is 1.94 bits per heavy atom. The molecule has 180 valence electrons. The SMILES string of the molecule is CCc1ncc2cc(-c3cc(NC(=O)N4CC[C@@H](CC(F)(F)F)C4)c(F)cc3C)c(C)nc2n1. The number of carbonyl (C=O) groups is 1. The highest BCUT2D eigenvalue weighted by molar-refractivity contribution is 5.91. The number of likely N-dealkylation sites (tertiary alicyclic amines) is 1. The van der Waals surface area contributed by atoms with Crippen LogP contribution in [0.15, 0.2) is 24.4 Å². The number of aryl methyl sites for hydroxylation is 3. The van der Waals surface area contributed by atoms with Gasteiger partial charge in [-0.25, -0.2) is 24.1 Å². The van der Waals surface area contributed by atoms with Gasteiger partial charge in [0.1, 0.15) is 11.6 Å². The number of nitrogens with zero attached hydrogens (tertiary/aromatic N) is 4. The van der Waals surface area contributed by atoms with Gasteiger partial charge in [0.2, 0.25) is 0 Å². The Labute approximate surface area is 194 Å². The van der Waals surface area contributed by atoms with Crippen LogP contribution in [0.2, 0.25) is 0 Å². The minimum Gasteiger partial charge on any atom is -0.324 e. The molecule has 0 unspecified atom stereocenters. The van der Waals surface area contributed by atoms with Gasteiger partial charge in [0.05, 0.1) is 5.69 Å². The molecular weight excluding hydrogens is 450 g/mol. The van der Waals surface area contributed by atoms with Gasteiger partial charge in [0.25, 0.3) is 0 Å². The van der Waals surface area contributed by atoms with Gasteiger partial charge >= 0.3 is 12.2 Å². The van der Waals surface area contributed by atoms with Gasteiger partial charge in [0, 0.05) is 48.8 Å². The second kappa shape index (κ2) is 9.15. The fraction of sp³-hybridized carbons (Fsp3) is 0.417. The van der Waals surface area contributed by atoms with Gasteiger partial charge in [-0.15, -0.1) is 0 Å². The van der Waals surface area contributed by atoms with Crippen molar-refractivity contribution in [2.24, 2.45) is 5.92 Å². The van der Waals surface area contributed by atoms with E-state index in [0.29, 0.717) is 34.7 Å². The van der Waals surface area contributed by atoms with E-state index in [4.69, 9.17) is 0 Å². The van der Waals surface area contributed by atoms with Crippen LogP contribution >= 0.6 is 0 Å². The Kier molecular flexibility index (Phi) is 6.42. The predicted octanol–water partition coefficient (Wildman–Crippen LogP) is 5.82. The Morgan fingerprint density at radius 3 is 2.65 bits per heavy atom. The van der Waals surface area contributed by atoms with Gasteiger partial charge in [-0.2, -0.15) is 13.2 Å². The van der Waals surface area contributed by atoms with Gasteiger partial charge in [-0.1, -0.05) is 6.92 Å². The molecule has 3 heterocycles. The lowest BCUT2D eigenvalue weighted by molar-refractivity contribution is -0.143. The highest BCUT2D eigenvalue weighted by Gasteiger charge is 2.36. The van der Waals surface area contributed by atoms with Crippen molar-refractivity contribution in [3.8, 4) is 11.1 Å². The van der Waals surface area contributed by atoms with Crippen molar-refractivity contribution in [3.63, 3.8) is 0 Å². The molecule has 0 radical (unpaired) electrons. The van der Waals surface area contributed by atoms with Crippen LogP contribution in [0.4, 0.5) is 28.0 Å². The molecule has 1 fully saturated rings. The van der Waals surface area contributed by atoms with Crippen LogP contribution in [0.5, 0.6) is 0 Å². The third-order valence-electron chi connectivity index (χ3n) is 6.06. The number of hydrogen-bond donors (Lipinski definition) is 1. The molecule has 0 saturated carbocycles. The van der Waals surface area contributed by atoms with Crippen molar-refractivity contribution in [1.29, 1.82) is 0 Å². The summed E-state index contributed by atoms with van der Waals surface area (Å²) in [6.45, 7) is 5.72. The molecule has 1 aliphatic heterocycles. The molecule has 10 heteroatoms. The standard InChI is InChI=1S/C24H25F4N5O/c1-4-21-29-11-16-8-18(14(3)30-22(16)32-21)17-9-20(19(25)7-13(17)2)31-23(34)33-6-5-15(12-33)10-24(26,27)28/h7-9,11,15H,4-6,10,12H2,1-3H3,(H,31,34)/t15-/m0/s1. The molecule has 6 nitrogen and oxygen atoms in total. The van der Waals surface area contributed by atoms with E-state index in [0.717, 1.165) is 10.9 Å². The Bertz CT molecular complexity index is 1240. The number of rotatable bonds is 4. The molecule has 0 bridgehead atoms. The van der Waals surface area contributed by atoms with Crippen LogP contribution in [0.25, 0.3) is 22.2 Å². The zero-order chi connectivity index (χ0) is 24.6. The number of fused-ring (bicyclic) bond motifs is 1. The molecule has 0 aliphatic carbocycles. The first kappa shape index (κ1) is 23.8. The van der Waals surface area contributed by atoms with Gasteiger partial charge < -0.3 is 10.2 Å². The summed E-state index contributed by atoms with van der Waals surface area (Å²) in [6.07, 6.45) is -2.56. The predicted molar refractivity (Wildman–Crippen MR) is 121 cm³/mol. The normalized spacial score (nSPS) is 16.3. The largest absolute Gasteiger partial charge is 0.389 e. The molecule has 1 atom stereocenters. The topological polar surface area (TPSA) is 71.0 Å². The monoisotopic (exact) mass is 475 g/mol. The van der Waals surface area contributed by atoms with Crippen molar-refractivity contribution in [3.05, 3.63) is 47.3 Å². The first-order valence-electron chi connectivity index (χ1n) is 11.1. The molecule has 2 aromatic heterocycles. The number of alkyl halides is 3. The van der Waals surface area contributed by atoms with E-state index in [9.17, 15) is 22.4 Å². The number of pyridine rings is 1. The third kappa shape index (κ3) is 5.10. The zero-order valence-electron chi connectivity index (χ0n) is 19.1. The van der Waals surface area contributed by atoms with Crippen molar-refractivity contribution < 1.29 is 22.4 Å². The molecule has 1 saturated heterocycles. The van der Waals surface area contributed by atoms with E-state index in [1.807, 2.05) is 19.9 Å². The number of carbonyl (C=O) groups excluding carboxylic acids is 1. The maximum atomic E-state index is 14.7. The Hall–Kier alpha value is -3.30. The summed E-state index contributed by atoms with van der Waals surface area (Å²) in [5.74, 6) is -0.580. The summed E-state index contributed by atoms with van der Waals surface area (Å²) in [6, 6.07) is 4.11. The van der Waals surface area contributed by atoms with Crippen molar-refractivity contribution in [1.82, 2.24) is 19.9 Å². The summed E-state index contributed by atoms with van der Waals surface area (Å²) < 4.78 is 52.7. The van der Waals surface area contributed by atoms with Crippen LogP contribution in [-0.2, 0) is 6.42 Å². The highest BCUT2D eigenvalue weighted by atomic mass is 19.4. The smallest absolute Gasteiger partial charge is 0.324 e. The van der Waals surface area contributed by atoms with Crippen molar-refractivity contribution in [2.45, 2.75) is 46.2 Å². The van der Waals surface area contributed by atoms with Crippen molar-refractivity contribution >= 4 is 22.8 Å². The number of nitrogens with one attached hydrogen (secondary N) is 1. The molecule has 4 rings (SSSR count). The number of aromatic nitrogens is 3. The van der Waals surface area contributed by atoms with Crippen LogP contribution in [0.3, 0.4) is 0 Å². The minimum absolute atomic E-state index is 0.0148. The number of urea groups is 1. The van der Waals surface area contributed by atoms with E-state index in [2.05, 4.69) is 20.3 Å². The van der Waals surface area contributed by atoms with Crippen LogP contribution in [0.1, 0.15) is 36.8 Å². The van der Waals surface area contributed by atoms with Crippen molar-refractivity contribution in [2.75, 3.05) is 18.4 Å². The number of benzene rings is 1. The summed E-state index contributed by atoms with van der Waals surface area (Å²) in [5.41, 5.74) is 3.30. The van der Waals surface area contributed by atoms with Gasteiger partial charge in [0.15, 0.2) is 5.65 Å². The fourth-order valence-electron chi connectivity index (χ4n) is 4.29. The lowest BCUT2D eigenvalue weighted by Crippen LogP contribution is -2.33.